The molecule has 0 aromatic carbocycles. The Morgan fingerprint density at radius 2 is 2.06 bits per heavy atom. The van der Waals surface area contributed by atoms with Crippen molar-refractivity contribution >= 4 is 5.95 Å². The van der Waals surface area contributed by atoms with Gasteiger partial charge in [-0.25, -0.2) is 9.97 Å². The molecule has 1 aliphatic rings. The van der Waals surface area contributed by atoms with Crippen molar-refractivity contribution in [2.75, 3.05) is 31.1 Å². The van der Waals surface area contributed by atoms with Gasteiger partial charge in [0.05, 0.1) is 0 Å². The molecule has 100 valence electrons. The number of unbranched alkanes of at least 4 members (excludes halogenated alkanes) is 2. The van der Waals surface area contributed by atoms with E-state index in [0.29, 0.717) is 0 Å². The van der Waals surface area contributed by atoms with Crippen molar-refractivity contribution in [3.8, 4) is 0 Å². The summed E-state index contributed by atoms with van der Waals surface area (Å²) in [4.78, 5) is 11.5. The molecule has 0 aliphatic carbocycles. The average molecular weight is 248 g/mol. The smallest absolute Gasteiger partial charge is 0.225 e. The molecule has 2 heterocycles. The highest BCUT2D eigenvalue weighted by Gasteiger charge is 2.13. The molecule has 0 amide bonds. The molecule has 0 saturated carbocycles. The topological polar surface area (TPSA) is 41.1 Å². The summed E-state index contributed by atoms with van der Waals surface area (Å²) in [5.41, 5.74) is 2.46. The summed E-state index contributed by atoms with van der Waals surface area (Å²) >= 11 is 0. The molecular weight excluding hydrogens is 224 g/mol. The van der Waals surface area contributed by atoms with Gasteiger partial charge in [0.1, 0.15) is 0 Å². The lowest BCUT2D eigenvalue weighted by Crippen LogP contribution is -2.44. The van der Waals surface area contributed by atoms with E-state index in [1.165, 1.54) is 24.8 Å². The number of nitrogens with one attached hydrogen (secondary N) is 1. The number of rotatable bonds is 5. The maximum absolute atomic E-state index is 4.66. The van der Waals surface area contributed by atoms with E-state index in [4.69, 9.17) is 0 Å². The lowest BCUT2D eigenvalue weighted by atomic mass is 10.1. The maximum Gasteiger partial charge on any atom is 0.225 e. The number of hydrogen-bond acceptors (Lipinski definition) is 4. The number of aromatic nitrogens is 2. The molecule has 18 heavy (non-hydrogen) atoms. The van der Waals surface area contributed by atoms with E-state index in [1.807, 2.05) is 6.20 Å². The third-order valence-corrected chi connectivity index (χ3v) is 3.52. The summed E-state index contributed by atoms with van der Waals surface area (Å²) in [5.74, 6) is 0.897. The first-order valence-electron chi connectivity index (χ1n) is 7.09. The largest absolute Gasteiger partial charge is 0.338 e. The number of piperazine rings is 1. The van der Waals surface area contributed by atoms with Crippen molar-refractivity contribution < 1.29 is 0 Å². The second kappa shape index (κ2) is 6.69. The van der Waals surface area contributed by atoms with Crippen molar-refractivity contribution in [2.45, 2.75) is 39.5 Å². The fraction of sp³-hybridized carbons (Fsp3) is 0.714. The Labute approximate surface area is 110 Å². The van der Waals surface area contributed by atoms with E-state index in [2.05, 4.69) is 34.0 Å². The van der Waals surface area contributed by atoms with Crippen LogP contribution in [0, 0.1) is 6.92 Å². The molecule has 2 rings (SSSR count). The highest BCUT2D eigenvalue weighted by Crippen LogP contribution is 2.14. The minimum absolute atomic E-state index is 0.897. The normalized spacial score (nSPS) is 16.0. The van der Waals surface area contributed by atoms with Gasteiger partial charge >= 0.3 is 0 Å². The SMILES string of the molecule is CCCCCc1cnc(N2CCNCC2)nc1C. The highest BCUT2D eigenvalue weighted by atomic mass is 15.3. The molecule has 4 nitrogen and oxygen atoms in total. The van der Waals surface area contributed by atoms with Crippen LogP contribution in [-0.4, -0.2) is 36.1 Å². The van der Waals surface area contributed by atoms with Crippen LogP contribution in [-0.2, 0) is 6.42 Å². The summed E-state index contributed by atoms with van der Waals surface area (Å²) in [5, 5.41) is 3.35. The first-order chi connectivity index (χ1) is 8.81. The zero-order chi connectivity index (χ0) is 12.8. The van der Waals surface area contributed by atoms with Gasteiger partial charge in [-0.15, -0.1) is 0 Å². The third kappa shape index (κ3) is 3.42. The molecule has 1 aromatic rings. The Hall–Kier alpha value is -1.16. The first kappa shape index (κ1) is 13.3. The maximum atomic E-state index is 4.66. The van der Waals surface area contributed by atoms with E-state index in [9.17, 15) is 0 Å². The van der Waals surface area contributed by atoms with Gasteiger partial charge in [-0.2, -0.15) is 0 Å². The molecule has 0 spiro atoms. The van der Waals surface area contributed by atoms with Gasteiger partial charge in [-0.1, -0.05) is 19.8 Å². The third-order valence-electron chi connectivity index (χ3n) is 3.52. The molecule has 1 aliphatic heterocycles. The molecular formula is C14H24N4. The van der Waals surface area contributed by atoms with Crippen molar-refractivity contribution in [2.24, 2.45) is 0 Å². The van der Waals surface area contributed by atoms with Crippen LogP contribution in [0.4, 0.5) is 5.95 Å². The highest BCUT2D eigenvalue weighted by molar-refractivity contribution is 5.33. The van der Waals surface area contributed by atoms with Gasteiger partial charge in [-0.05, 0) is 25.3 Å². The molecule has 4 heteroatoms. The van der Waals surface area contributed by atoms with E-state index in [1.54, 1.807) is 0 Å². The van der Waals surface area contributed by atoms with Crippen LogP contribution in [0.5, 0.6) is 0 Å². The summed E-state index contributed by atoms with van der Waals surface area (Å²) in [6.45, 7) is 8.41. The Bertz CT molecular complexity index is 372. The number of nitrogens with zero attached hydrogens (tertiary/aromatic N) is 3. The van der Waals surface area contributed by atoms with Crippen LogP contribution in [0.25, 0.3) is 0 Å². The lowest BCUT2D eigenvalue weighted by molar-refractivity contribution is 0.578. The minimum atomic E-state index is 0.897. The predicted octanol–water partition coefficient (Wildman–Crippen LogP) is 1.93. The van der Waals surface area contributed by atoms with Crippen LogP contribution in [0.3, 0.4) is 0 Å². The fourth-order valence-electron chi connectivity index (χ4n) is 2.31. The van der Waals surface area contributed by atoms with Crippen LogP contribution in [0.2, 0.25) is 0 Å². The summed E-state index contributed by atoms with van der Waals surface area (Å²) in [7, 11) is 0. The van der Waals surface area contributed by atoms with E-state index < -0.39 is 0 Å². The zero-order valence-corrected chi connectivity index (χ0v) is 11.6. The van der Waals surface area contributed by atoms with Crippen LogP contribution < -0.4 is 10.2 Å². The Balaban J connectivity index is 1.99. The van der Waals surface area contributed by atoms with Crippen LogP contribution in [0.15, 0.2) is 6.20 Å². The summed E-state index contributed by atoms with van der Waals surface area (Å²) in [6, 6.07) is 0. The summed E-state index contributed by atoms with van der Waals surface area (Å²) in [6.07, 6.45) is 6.93. The quantitative estimate of drug-likeness (QED) is 0.808. The van der Waals surface area contributed by atoms with Crippen LogP contribution in [0.1, 0.15) is 37.4 Å². The van der Waals surface area contributed by atoms with E-state index in [-0.39, 0.29) is 0 Å². The first-order valence-corrected chi connectivity index (χ1v) is 7.09. The van der Waals surface area contributed by atoms with E-state index >= 15 is 0 Å². The molecule has 0 radical (unpaired) electrons. The van der Waals surface area contributed by atoms with Gasteiger partial charge < -0.3 is 10.2 Å². The Kier molecular flexibility index (Phi) is 4.93. The molecule has 0 bridgehead atoms. The molecule has 1 saturated heterocycles. The standard InChI is InChI=1S/C14H24N4/c1-3-4-5-6-13-11-16-14(17-12(13)2)18-9-7-15-8-10-18/h11,15H,3-10H2,1-2H3. The van der Waals surface area contributed by atoms with Gasteiger partial charge in [0, 0.05) is 38.1 Å². The predicted molar refractivity (Wildman–Crippen MR) is 75.1 cm³/mol. The molecule has 0 atom stereocenters. The zero-order valence-electron chi connectivity index (χ0n) is 11.6. The van der Waals surface area contributed by atoms with E-state index in [0.717, 1.165) is 44.2 Å². The lowest BCUT2D eigenvalue weighted by Gasteiger charge is -2.27. The van der Waals surface area contributed by atoms with Gasteiger partial charge in [0.2, 0.25) is 5.95 Å². The molecule has 1 aromatic heterocycles. The average Bonchev–Trinajstić information content (AvgIpc) is 2.42. The van der Waals surface area contributed by atoms with Crippen molar-refractivity contribution in [1.82, 2.24) is 15.3 Å². The second-order valence-electron chi connectivity index (χ2n) is 4.97. The van der Waals surface area contributed by atoms with Gasteiger partial charge in [0.15, 0.2) is 0 Å². The Morgan fingerprint density at radius 1 is 1.28 bits per heavy atom. The molecule has 0 unspecified atom stereocenters. The molecule has 1 N–H and O–H groups in total. The monoisotopic (exact) mass is 248 g/mol. The number of hydrogen-bond donors (Lipinski definition) is 1. The number of aryl methyl sites for hydroxylation is 2. The Morgan fingerprint density at radius 3 is 2.72 bits per heavy atom. The van der Waals surface area contributed by atoms with Crippen molar-refractivity contribution in [3.05, 3.63) is 17.5 Å². The molecule has 1 fully saturated rings. The minimum Gasteiger partial charge on any atom is -0.338 e. The van der Waals surface area contributed by atoms with Crippen molar-refractivity contribution in [1.29, 1.82) is 0 Å². The van der Waals surface area contributed by atoms with Gasteiger partial charge in [-0.3, -0.25) is 0 Å². The van der Waals surface area contributed by atoms with Gasteiger partial charge in [0.25, 0.3) is 0 Å². The van der Waals surface area contributed by atoms with Crippen LogP contribution >= 0.6 is 0 Å². The number of anilines is 1. The second-order valence-corrected chi connectivity index (χ2v) is 4.97. The fourth-order valence-corrected chi connectivity index (χ4v) is 2.31. The summed E-state index contributed by atoms with van der Waals surface area (Å²) < 4.78 is 0. The van der Waals surface area contributed by atoms with Crippen molar-refractivity contribution in [3.63, 3.8) is 0 Å².